The van der Waals surface area contributed by atoms with E-state index in [0.717, 1.165) is 24.3 Å². The third kappa shape index (κ3) is 6.24. The second kappa shape index (κ2) is 9.90. The SMILES string of the molecule is CC(c1ccccc1)P(N)(Cl)(Cl)C(C)c1ccccc1.CCOCC. The Morgan fingerprint density at radius 1 is 0.800 bits per heavy atom. The minimum atomic E-state index is -3.43. The van der Waals surface area contributed by atoms with E-state index in [1.807, 2.05) is 88.4 Å². The van der Waals surface area contributed by atoms with E-state index in [2.05, 4.69) is 0 Å². The van der Waals surface area contributed by atoms with Gasteiger partial charge in [-0.05, 0) is 13.8 Å². The zero-order chi connectivity index (χ0) is 18.9. The fourth-order valence-corrected chi connectivity index (χ4v) is 6.08. The molecule has 0 radical (unpaired) electrons. The molecule has 0 bridgehead atoms. The zero-order valence-electron chi connectivity index (χ0n) is 15.5. The van der Waals surface area contributed by atoms with Gasteiger partial charge in [0.25, 0.3) is 0 Å². The summed E-state index contributed by atoms with van der Waals surface area (Å²) in [5.74, 6) is 0. The van der Waals surface area contributed by atoms with E-state index in [4.69, 9.17) is 32.7 Å². The molecule has 0 spiro atoms. The van der Waals surface area contributed by atoms with E-state index in [-0.39, 0.29) is 11.3 Å². The summed E-state index contributed by atoms with van der Waals surface area (Å²) >= 11 is 13.7. The second-order valence-corrected chi connectivity index (χ2v) is 14.8. The Kier molecular flexibility index (Phi) is 8.87. The standard InChI is InChI=1S/C16H20Cl2NP.C4H10O/c1-13(15-9-5-3-6-10-15)20(17,18,19)14(2)16-11-7-4-8-12-16;1-3-5-4-2/h3-14H,19H2,1-2H3;3-4H2,1-2H3. The molecule has 2 aromatic carbocycles. The van der Waals surface area contributed by atoms with Gasteiger partial charge in [0.15, 0.2) is 0 Å². The fraction of sp³-hybridized carbons (Fsp3) is 0.400. The quantitative estimate of drug-likeness (QED) is 0.515. The molecule has 2 N–H and O–H groups in total. The predicted octanol–water partition coefficient (Wildman–Crippen LogP) is 7.29. The van der Waals surface area contributed by atoms with Crippen molar-refractivity contribution < 1.29 is 4.74 Å². The first-order chi connectivity index (χ1) is 11.7. The number of hydrogen-bond acceptors (Lipinski definition) is 2. The summed E-state index contributed by atoms with van der Waals surface area (Å²) in [4.78, 5) is 0. The monoisotopic (exact) mass is 401 g/mol. The summed E-state index contributed by atoms with van der Waals surface area (Å²) in [7, 11) is 0. The van der Waals surface area contributed by atoms with Crippen LogP contribution in [0.1, 0.15) is 50.1 Å². The van der Waals surface area contributed by atoms with Crippen LogP contribution in [0.5, 0.6) is 0 Å². The van der Waals surface area contributed by atoms with E-state index < -0.39 is 5.46 Å². The first-order valence-corrected chi connectivity index (χ1v) is 12.9. The Hall–Kier alpha value is -0.630. The van der Waals surface area contributed by atoms with Gasteiger partial charge in [-0.3, -0.25) is 0 Å². The van der Waals surface area contributed by atoms with Crippen molar-refractivity contribution in [2.24, 2.45) is 5.50 Å². The normalized spacial score (nSPS) is 15.2. The van der Waals surface area contributed by atoms with Crippen LogP contribution in [0.3, 0.4) is 0 Å². The van der Waals surface area contributed by atoms with Crippen LogP contribution < -0.4 is 5.50 Å². The van der Waals surface area contributed by atoms with Crippen molar-refractivity contribution >= 4 is 27.9 Å². The van der Waals surface area contributed by atoms with E-state index >= 15 is 0 Å². The Balaban J connectivity index is 0.000000550. The van der Waals surface area contributed by atoms with Crippen LogP contribution >= 0.6 is 27.9 Å². The van der Waals surface area contributed by atoms with Gasteiger partial charge >= 0.3 is 130 Å². The van der Waals surface area contributed by atoms with Gasteiger partial charge in [0.2, 0.25) is 0 Å². The van der Waals surface area contributed by atoms with E-state index in [1.54, 1.807) is 0 Å². The number of ether oxygens (including phenoxy) is 1. The van der Waals surface area contributed by atoms with E-state index in [0.29, 0.717) is 0 Å². The van der Waals surface area contributed by atoms with Crippen molar-refractivity contribution in [3.63, 3.8) is 0 Å². The van der Waals surface area contributed by atoms with Gasteiger partial charge in [0.1, 0.15) is 0 Å². The third-order valence-corrected chi connectivity index (χ3v) is 11.5. The Morgan fingerprint density at radius 2 is 1.12 bits per heavy atom. The molecule has 0 aliphatic carbocycles. The topological polar surface area (TPSA) is 35.2 Å². The molecule has 0 saturated heterocycles. The van der Waals surface area contributed by atoms with Crippen molar-refractivity contribution in [1.82, 2.24) is 0 Å². The maximum atomic E-state index is 6.84. The first-order valence-electron chi connectivity index (χ1n) is 8.66. The largest absolute Gasteiger partial charge is 0.382 e. The summed E-state index contributed by atoms with van der Waals surface area (Å²) < 4.78 is 4.83. The Bertz CT molecular complexity index is 562. The Morgan fingerprint density at radius 3 is 1.36 bits per heavy atom. The van der Waals surface area contributed by atoms with Crippen molar-refractivity contribution in [2.45, 2.75) is 39.0 Å². The first kappa shape index (κ1) is 22.4. The van der Waals surface area contributed by atoms with Gasteiger partial charge in [-0.1, -0.05) is 0 Å². The van der Waals surface area contributed by atoms with Crippen LogP contribution in [0.2, 0.25) is 0 Å². The average molecular weight is 402 g/mol. The molecule has 0 aliphatic rings. The molecule has 0 aromatic heterocycles. The molecule has 0 aliphatic heterocycles. The average Bonchev–Trinajstić information content (AvgIpc) is 2.63. The van der Waals surface area contributed by atoms with Crippen molar-refractivity contribution in [1.29, 1.82) is 0 Å². The van der Waals surface area contributed by atoms with Crippen LogP contribution in [0.15, 0.2) is 60.7 Å². The third-order valence-electron chi connectivity index (χ3n) is 4.45. The number of hydrogen-bond donors (Lipinski definition) is 1. The van der Waals surface area contributed by atoms with Crippen molar-refractivity contribution in [2.75, 3.05) is 13.2 Å². The number of halogens is 2. The molecule has 2 unspecified atom stereocenters. The van der Waals surface area contributed by atoms with Crippen LogP contribution in [0, 0.1) is 0 Å². The van der Waals surface area contributed by atoms with Crippen LogP contribution in [-0.2, 0) is 4.74 Å². The van der Waals surface area contributed by atoms with Crippen LogP contribution in [0.4, 0.5) is 0 Å². The molecule has 2 nitrogen and oxygen atoms in total. The second-order valence-electron chi connectivity index (χ2n) is 6.05. The summed E-state index contributed by atoms with van der Waals surface area (Å²) in [6.45, 7) is 9.71. The van der Waals surface area contributed by atoms with Gasteiger partial charge in [-0.25, -0.2) is 0 Å². The predicted molar refractivity (Wildman–Crippen MR) is 115 cm³/mol. The van der Waals surface area contributed by atoms with Gasteiger partial charge in [-0.2, -0.15) is 0 Å². The number of nitrogens with two attached hydrogens (primary N) is 1. The van der Waals surface area contributed by atoms with Gasteiger partial charge in [0.05, 0.1) is 0 Å². The van der Waals surface area contributed by atoms with E-state index in [1.165, 1.54) is 0 Å². The molecule has 0 fully saturated rings. The molecule has 2 aromatic rings. The zero-order valence-corrected chi connectivity index (χ0v) is 17.9. The van der Waals surface area contributed by atoms with Crippen LogP contribution in [0.25, 0.3) is 0 Å². The molecule has 25 heavy (non-hydrogen) atoms. The minimum absolute atomic E-state index is 0.0826. The van der Waals surface area contributed by atoms with Gasteiger partial charge < -0.3 is 4.74 Å². The summed E-state index contributed by atoms with van der Waals surface area (Å²) in [6.07, 6.45) is 0. The molecule has 0 heterocycles. The minimum Gasteiger partial charge on any atom is -0.382 e. The molecule has 140 valence electrons. The number of benzene rings is 2. The van der Waals surface area contributed by atoms with Gasteiger partial charge in [-0.15, -0.1) is 0 Å². The van der Waals surface area contributed by atoms with Crippen molar-refractivity contribution in [3.05, 3.63) is 71.8 Å². The van der Waals surface area contributed by atoms with Gasteiger partial charge in [0, 0.05) is 13.2 Å². The smallest absolute Gasteiger partial charge is 0.0437 e. The number of rotatable bonds is 6. The molecule has 0 amide bonds. The van der Waals surface area contributed by atoms with Crippen molar-refractivity contribution in [3.8, 4) is 0 Å². The van der Waals surface area contributed by atoms with Crippen LogP contribution in [-0.4, -0.2) is 13.2 Å². The van der Waals surface area contributed by atoms with E-state index in [9.17, 15) is 0 Å². The fourth-order valence-electron chi connectivity index (χ4n) is 2.57. The molecule has 2 rings (SSSR count). The molecule has 2 atom stereocenters. The Labute approximate surface area is 162 Å². The molecular formula is C20H30Cl2NOP. The summed E-state index contributed by atoms with van der Waals surface area (Å²) in [5.41, 5.74) is 5.14. The summed E-state index contributed by atoms with van der Waals surface area (Å²) in [5, 5.41) is 0. The summed E-state index contributed by atoms with van der Waals surface area (Å²) in [6, 6.07) is 20.0. The molecule has 0 saturated carbocycles. The molecular weight excluding hydrogens is 372 g/mol. The maximum absolute atomic E-state index is 6.84. The molecule has 5 heteroatoms. The maximum Gasteiger partial charge on any atom is 0.0437 e.